The van der Waals surface area contributed by atoms with Crippen LogP contribution in [0.15, 0.2) is 4.73 Å². The third kappa shape index (κ3) is 3.25. The highest BCUT2D eigenvalue weighted by molar-refractivity contribution is 9.10. The topological polar surface area (TPSA) is 56.7 Å². The van der Waals surface area contributed by atoms with Gasteiger partial charge in [-0.2, -0.15) is 4.98 Å². The predicted octanol–water partition coefficient (Wildman–Crippen LogP) is 1.67. The standard InChI is InChI=1S/C6H9BrF2N4/c7-5-11-6(10)12-13(5)3-1-2-4(8)9/h4H,1-3H2,(H2,10,12). The first-order valence-electron chi connectivity index (χ1n) is 3.73. The summed E-state index contributed by atoms with van der Waals surface area (Å²) in [4.78, 5) is 3.77. The van der Waals surface area contributed by atoms with Crippen molar-refractivity contribution in [2.24, 2.45) is 0 Å². The average Bonchev–Trinajstić information content (AvgIpc) is 2.29. The minimum Gasteiger partial charge on any atom is -0.366 e. The molecule has 0 aliphatic heterocycles. The summed E-state index contributed by atoms with van der Waals surface area (Å²) >= 11 is 3.11. The number of nitrogens with two attached hydrogens (primary N) is 1. The van der Waals surface area contributed by atoms with Crippen LogP contribution in [-0.4, -0.2) is 21.2 Å². The molecule has 0 saturated heterocycles. The highest BCUT2D eigenvalue weighted by atomic mass is 79.9. The molecule has 0 bridgehead atoms. The summed E-state index contributed by atoms with van der Waals surface area (Å²) < 4.78 is 25.5. The number of hydrogen-bond donors (Lipinski definition) is 1. The van der Waals surface area contributed by atoms with E-state index in [1.165, 1.54) is 4.68 Å². The number of hydrogen-bond acceptors (Lipinski definition) is 3. The second kappa shape index (κ2) is 4.50. The van der Waals surface area contributed by atoms with Crippen LogP contribution in [0.3, 0.4) is 0 Å². The molecule has 0 fully saturated rings. The Labute approximate surface area is 82.3 Å². The third-order valence-corrected chi connectivity index (χ3v) is 2.02. The molecule has 1 rings (SSSR count). The molecule has 1 heterocycles. The number of anilines is 1. The van der Waals surface area contributed by atoms with Crippen LogP contribution in [0.2, 0.25) is 0 Å². The first kappa shape index (κ1) is 10.4. The molecule has 74 valence electrons. The molecule has 1 aromatic rings. The molecule has 1 aromatic heterocycles. The van der Waals surface area contributed by atoms with Crippen molar-refractivity contribution >= 4 is 21.9 Å². The zero-order chi connectivity index (χ0) is 9.84. The molecule has 0 aliphatic carbocycles. The highest BCUT2D eigenvalue weighted by Crippen LogP contribution is 2.10. The maximum Gasteiger partial charge on any atom is 0.240 e. The van der Waals surface area contributed by atoms with E-state index in [0.717, 1.165) is 0 Å². The molecule has 0 aliphatic rings. The summed E-state index contributed by atoms with van der Waals surface area (Å²) in [5, 5.41) is 3.80. The molecule has 0 aromatic carbocycles. The van der Waals surface area contributed by atoms with Crippen molar-refractivity contribution in [3.8, 4) is 0 Å². The molecule has 2 N–H and O–H groups in total. The molecule has 0 spiro atoms. The largest absolute Gasteiger partial charge is 0.366 e. The Hall–Kier alpha value is -0.720. The maximum atomic E-state index is 11.8. The summed E-state index contributed by atoms with van der Waals surface area (Å²) in [6.45, 7) is 0.398. The van der Waals surface area contributed by atoms with Crippen LogP contribution in [0.25, 0.3) is 0 Å². The number of nitrogens with zero attached hydrogens (tertiary/aromatic N) is 3. The van der Waals surface area contributed by atoms with Crippen molar-refractivity contribution in [3.05, 3.63) is 4.73 Å². The van der Waals surface area contributed by atoms with Crippen LogP contribution in [0.4, 0.5) is 14.7 Å². The van der Waals surface area contributed by atoms with Gasteiger partial charge in [0.05, 0.1) is 0 Å². The molecule has 0 amide bonds. The molecule has 0 unspecified atom stereocenters. The highest BCUT2D eigenvalue weighted by Gasteiger charge is 2.06. The minimum atomic E-state index is -2.26. The number of aryl methyl sites for hydroxylation is 1. The smallest absolute Gasteiger partial charge is 0.240 e. The van der Waals surface area contributed by atoms with Gasteiger partial charge in [-0.3, -0.25) is 0 Å². The Morgan fingerprint density at radius 1 is 1.54 bits per heavy atom. The van der Waals surface area contributed by atoms with Crippen molar-refractivity contribution < 1.29 is 8.78 Å². The van der Waals surface area contributed by atoms with E-state index in [9.17, 15) is 8.78 Å². The summed E-state index contributed by atoms with van der Waals surface area (Å²) in [6, 6.07) is 0. The predicted molar refractivity (Wildman–Crippen MR) is 47.4 cm³/mol. The van der Waals surface area contributed by atoms with E-state index in [4.69, 9.17) is 5.73 Å². The molecule has 13 heavy (non-hydrogen) atoms. The van der Waals surface area contributed by atoms with Crippen LogP contribution in [0.5, 0.6) is 0 Å². The number of rotatable bonds is 4. The second-order valence-corrected chi connectivity index (χ2v) is 3.20. The Morgan fingerprint density at radius 2 is 2.23 bits per heavy atom. The van der Waals surface area contributed by atoms with Gasteiger partial charge in [-0.05, 0) is 22.4 Å². The van der Waals surface area contributed by atoms with E-state index in [2.05, 4.69) is 26.0 Å². The van der Waals surface area contributed by atoms with E-state index in [0.29, 0.717) is 17.7 Å². The average molecular weight is 255 g/mol. The Kier molecular flexibility index (Phi) is 3.58. The van der Waals surface area contributed by atoms with Crippen LogP contribution >= 0.6 is 15.9 Å². The fraction of sp³-hybridized carbons (Fsp3) is 0.667. The molecule has 7 heteroatoms. The monoisotopic (exact) mass is 254 g/mol. The molecular weight excluding hydrogens is 246 g/mol. The van der Waals surface area contributed by atoms with E-state index in [1.54, 1.807) is 0 Å². The van der Waals surface area contributed by atoms with Gasteiger partial charge in [-0.1, -0.05) is 0 Å². The lowest BCUT2D eigenvalue weighted by atomic mass is 10.3. The lowest BCUT2D eigenvalue weighted by Gasteiger charge is -2.00. The number of aromatic nitrogens is 3. The summed E-state index contributed by atoms with van der Waals surface area (Å²) in [7, 11) is 0. The fourth-order valence-electron chi connectivity index (χ4n) is 0.877. The summed E-state index contributed by atoms with van der Waals surface area (Å²) in [5.74, 6) is 0.143. The first-order valence-corrected chi connectivity index (χ1v) is 4.53. The number of alkyl halides is 2. The van der Waals surface area contributed by atoms with E-state index >= 15 is 0 Å². The molecule has 0 radical (unpaired) electrons. The molecule has 4 nitrogen and oxygen atoms in total. The van der Waals surface area contributed by atoms with Crippen LogP contribution in [0.1, 0.15) is 12.8 Å². The Bertz CT molecular complexity index is 276. The Morgan fingerprint density at radius 3 is 2.69 bits per heavy atom. The van der Waals surface area contributed by atoms with Gasteiger partial charge in [0.1, 0.15) is 0 Å². The summed E-state index contributed by atoms with van der Waals surface area (Å²) in [6.07, 6.45) is -2.04. The lowest BCUT2D eigenvalue weighted by molar-refractivity contribution is 0.132. The van der Waals surface area contributed by atoms with Crippen LogP contribution < -0.4 is 5.73 Å². The lowest BCUT2D eigenvalue weighted by Crippen LogP contribution is -2.03. The van der Waals surface area contributed by atoms with E-state index in [1.807, 2.05) is 0 Å². The van der Waals surface area contributed by atoms with Gasteiger partial charge in [0.15, 0.2) is 4.73 Å². The SMILES string of the molecule is Nc1nc(Br)n(CCCC(F)F)n1. The third-order valence-electron chi connectivity index (χ3n) is 1.44. The fourth-order valence-corrected chi connectivity index (χ4v) is 1.32. The van der Waals surface area contributed by atoms with Crippen molar-refractivity contribution in [1.29, 1.82) is 0 Å². The molecule has 0 saturated carbocycles. The van der Waals surface area contributed by atoms with Crippen molar-refractivity contribution in [2.45, 2.75) is 25.8 Å². The maximum absolute atomic E-state index is 11.8. The second-order valence-electron chi connectivity index (χ2n) is 2.50. The summed E-state index contributed by atoms with van der Waals surface area (Å²) in [5.41, 5.74) is 5.29. The quantitative estimate of drug-likeness (QED) is 0.890. The molecular formula is C6H9BrF2N4. The zero-order valence-electron chi connectivity index (χ0n) is 6.75. The first-order chi connectivity index (χ1) is 6.09. The molecule has 0 atom stereocenters. The van der Waals surface area contributed by atoms with Gasteiger partial charge < -0.3 is 5.73 Å². The number of nitrogen functional groups attached to an aromatic ring is 1. The van der Waals surface area contributed by atoms with E-state index < -0.39 is 6.43 Å². The minimum absolute atomic E-state index is 0.133. The van der Waals surface area contributed by atoms with Crippen molar-refractivity contribution in [2.75, 3.05) is 5.73 Å². The van der Waals surface area contributed by atoms with Gasteiger partial charge in [-0.15, -0.1) is 5.10 Å². The van der Waals surface area contributed by atoms with Gasteiger partial charge in [0.2, 0.25) is 12.4 Å². The van der Waals surface area contributed by atoms with Crippen LogP contribution in [0, 0.1) is 0 Å². The Balaban J connectivity index is 2.40. The number of halogens is 3. The van der Waals surface area contributed by atoms with Gasteiger partial charge in [-0.25, -0.2) is 13.5 Å². The van der Waals surface area contributed by atoms with Gasteiger partial charge in [0.25, 0.3) is 0 Å². The van der Waals surface area contributed by atoms with Gasteiger partial charge in [0, 0.05) is 13.0 Å². The van der Waals surface area contributed by atoms with E-state index in [-0.39, 0.29) is 12.4 Å². The van der Waals surface area contributed by atoms with Gasteiger partial charge >= 0.3 is 0 Å². The normalized spacial score (nSPS) is 11.1. The van der Waals surface area contributed by atoms with Crippen molar-refractivity contribution in [1.82, 2.24) is 14.8 Å². The zero-order valence-corrected chi connectivity index (χ0v) is 8.34. The van der Waals surface area contributed by atoms with Crippen molar-refractivity contribution in [3.63, 3.8) is 0 Å². The van der Waals surface area contributed by atoms with Crippen LogP contribution in [-0.2, 0) is 6.54 Å².